The number of nitro benzene ring substituents is 1. The molecule has 1 aromatic carbocycles. The van der Waals surface area contributed by atoms with Gasteiger partial charge in [-0.2, -0.15) is 4.39 Å². The van der Waals surface area contributed by atoms with Gasteiger partial charge in [-0.15, -0.1) is 0 Å². The van der Waals surface area contributed by atoms with E-state index in [4.69, 9.17) is 11.1 Å². The molecule has 0 spiro atoms. The van der Waals surface area contributed by atoms with Crippen LogP contribution in [0, 0.1) is 27.2 Å². The minimum Gasteiger partial charge on any atom is -0.387 e. The molecule has 3 N–H and O–H groups in total. The molecule has 1 aromatic rings. The Morgan fingerprint density at radius 1 is 1.53 bits per heavy atom. The lowest BCUT2D eigenvalue weighted by molar-refractivity contribution is -0.387. The van der Waals surface area contributed by atoms with E-state index in [2.05, 4.69) is 0 Å². The average molecular weight is 215 g/mol. The van der Waals surface area contributed by atoms with Crippen LogP contribution in [0.4, 0.5) is 14.5 Å². The van der Waals surface area contributed by atoms with E-state index in [9.17, 15) is 18.9 Å². The van der Waals surface area contributed by atoms with Gasteiger partial charge >= 0.3 is 5.69 Å². The number of nitrogens with one attached hydrogen (secondary N) is 1. The summed E-state index contributed by atoms with van der Waals surface area (Å²) in [6, 6.07) is 1.51. The molecular weight excluding hydrogens is 208 g/mol. The lowest BCUT2D eigenvalue weighted by Gasteiger charge is -2.03. The Hall–Kier alpha value is -2.05. The molecule has 0 aromatic heterocycles. The van der Waals surface area contributed by atoms with Gasteiger partial charge in [0.1, 0.15) is 5.82 Å². The molecule has 0 unspecified atom stereocenters. The molecule has 0 aliphatic carbocycles. The van der Waals surface area contributed by atoms with Gasteiger partial charge in [-0.05, 0) is 6.07 Å². The topological polar surface area (TPSA) is 93.0 Å². The molecule has 0 amide bonds. The number of hydrogen-bond acceptors (Lipinski definition) is 3. The molecule has 0 saturated carbocycles. The van der Waals surface area contributed by atoms with Crippen molar-refractivity contribution in [3.8, 4) is 0 Å². The second kappa shape index (κ2) is 3.99. The van der Waals surface area contributed by atoms with Crippen molar-refractivity contribution in [1.82, 2.24) is 0 Å². The van der Waals surface area contributed by atoms with Crippen LogP contribution in [0.15, 0.2) is 12.1 Å². The van der Waals surface area contributed by atoms with E-state index in [-0.39, 0.29) is 0 Å². The Labute approximate surface area is 83.2 Å². The molecule has 0 bridgehead atoms. The first kappa shape index (κ1) is 11.0. The van der Waals surface area contributed by atoms with Crippen molar-refractivity contribution < 1.29 is 13.7 Å². The van der Waals surface area contributed by atoms with E-state index in [1.54, 1.807) is 0 Å². The van der Waals surface area contributed by atoms with Crippen molar-refractivity contribution in [2.24, 2.45) is 5.73 Å². The Kier molecular flexibility index (Phi) is 2.93. The predicted octanol–water partition coefficient (Wildman–Crippen LogP) is 1.35. The van der Waals surface area contributed by atoms with E-state index in [1.807, 2.05) is 0 Å². The van der Waals surface area contributed by atoms with Gasteiger partial charge in [-0.25, -0.2) is 4.39 Å². The van der Waals surface area contributed by atoms with E-state index in [1.165, 1.54) is 0 Å². The number of benzene rings is 1. The number of nitro groups is 1. The van der Waals surface area contributed by atoms with Crippen LogP contribution in [0.3, 0.4) is 0 Å². The molecule has 15 heavy (non-hydrogen) atoms. The molecule has 0 radical (unpaired) electrons. The molecule has 80 valence electrons. The Balaban J connectivity index is 3.29. The normalized spacial score (nSPS) is 10.0. The lowest BCUT2D eigenvalue weighted by atomic mass is 10.1. The van der Waals surface area contributed by atoms with Gasteiger partial charge in [0, 0.05) is 18.1 Å². The maximum absolute atomic E-state index is 13.3. The molecule has 5 nitrogen and oxygen atoms in total. The highest BCUT2D eigenvalue weighted by Gasteiger charge is 2.21. The fourth-order valence-electron chi connectivity index (χ4n) is 1.08. The summed E-state index contributed by atoms with van der Waals surface area (Å²) in [6.45, 7) is 0. The number of nitrogens with zero attached hydrogens (tertiary/aromatic N) is 1. The lowest BCUT2D eigenvalue weighted by Crippen LogP contribution is -2.15. The van der Waals surface area contributed by atoms with Crippen LogP contribution in [0.25, 0.3) is 0 Å². The standard InChI is InChI=1S/C8H7F2N3O2/c9-5-1-2-6(13(14)15)8(10)4(5)3-7(11)12/h1-2H,3H2,(H3,11,12). The van der Waals surface area contributed by atoms with Gasteiger partial charge in [0.25, 0.3) is 0 Å². The molecule has 0 heterocycles. The molecule has 1 rings (SSSR count). The van der Waals surface area contributed by atoms with Crippen molar-refractivity contribution in [2.45, 2.75) is 6.42 Å². The van der Waals surface area contributed by atoms with E-state index < -0.39 is 40.1 Å². The Morgan fingerprint density at radius 3 is 2.60 bits per heavy atom. The van der Waals surface area contributed by atoms with Crippen molar-refractivity contribution in [3.05, 3.63) is 39.4 Å². The van der Waals surface area contributed by atoms with E-state index in [0.717, 1.165) is 12.1 Å². The first-order chi connectivity index (χ1) is 6.93. The zero-order valence-corrected chi connectivity index (χ0v) is 7.46. The summed E-state index contributed by atoms with van der Waals surface area (Å²) in [4.78, 5) is 9.37. The van der Waals surface area contributed by atoms with Gasteiger partial charge in [-0.1, -0.05) is 0 Å². The highest BCUT2D eigenvalue weighted by molar-refractivity contribution is 5.79. The summed E-state index contributed by atoms with van der Waals surface area (Å²) in [5, 5.41) is 17.2. The summed E-state index contributed by atoms with van der Waals surface area (Å²) >= 11 is 0. The van der Waals surface area contributed by atoms with Gasteiger partial charge in [0.15, 0.2) is 0 Å². The van der Waals surface area contributed by atoms with Crippen molar-refractivity contribution in [3.63, 3.8) is 0 Å². The van der Waals surface area contributed by atoms with Crippen LogP contribution in [0.2, 0.25) is 0 Å². The zero-order chi connectivity index (χ0) is 11.6. The van der Waals surface area contributed by atoms with Crippen molar-refractivity contribution in [2.75, 3.05) is 0 Å². The average Bonchev–Trinajstić information content (AvgIpc) is 2.11. The van der Waals surface area contributed by atoms with Crippen LogP contribution in [0.5, 0.6) is 0 Å². The number of halogens is 2. The van der Waals surface area contributed by atoms with Crippen LogP contribution in [-0.2, 0) is 6.42 Å². The fraction of sp³-hybridized carbons (Fsp3) is 0.125. The summed E-state index contributed by atoms with van der Waals surface area (Å²) in [5.41, 5.74) is 3.58. The van der Waals surface area contributed by atoms with Crippen molar-refractivity contribution in [1.29, 1.82) is 5.41 Å². The monoisotopic (exact) mass is 215 g/mol. The molecule has 7 heteroatoms. The minimum atomic E-state index is -1.28. The smallest absolute Gasteiger partial charge is 0.305 e. The maximum atomic E-state index is 13.3. The van der Waals surface area contributed by atoms with Crippen LogP contribution in [0.1, 0.15) is 5.56 Å². The maximum Gasteiger partial charge on any atom is 0.305 e. The first-order valence-corrected chi connectivity index (χ1v) is 3.87. The Bertz CT molecular complexity index is 434. The quantitative estimate of drug-likeness (QED) is 0.345. The van der Waals surface area contributed by atoms with Gasteiger partial charge in [-0.3, -0.25) is 15.5 Å². The third-order valence-electron chi connectivity index (χ3n) is 1.73. The minimum absolute atomic E-state index is 0.465. The third kappa shape index (κ3) is 2.25. The van der Waals surface area contributed by atoms with Gasteiger partial charge in [0.05, 0.1) is 10.8 Å². The zero-order valence-electron chi connectivity index (χ0n) is 7.46. The molecule has 0 fully saturated rings. The third-order valence-corrected chi connectivity index (χ3v) is 1.73. The number of rotatable bonds is 3. The number of hydrogen-bond donors (Lipinski definition) is 2. The molecule has 0 saturated heterocycles. The predicted molar refractivity (Wildman–Crippen MR) is 48.6 cm³/mol. The Morgan fingerprint density at radius 2 is 2.13 bits per heavy atom. The largest absolute Gasteiger partial charge is 0.387 e. The van der Waals surface area contributed by atoms with E-state index >= 15 is 0 Å². The first-order valence-electron chi connectivity index (χ1n) is 3.87. The summed E-state index contributed by atoms with van der Waals surface area (Å²) in [5.74, 6) is -2.70. The molecule has 0 atom stereocenters. The summed E-state index contributed by atoms with van der Waals surface area (Å²) in [7, 11) is 0. The molecule has 0 aliphatic rings. The van der Waals surface area contributed by atoms with Crippen LogP contribution < -0.4 is 5.73 Å². The highest BCUT2D eigenvalue weighted by atomic mass is 19.1. The summed E-state index contributed by atoms with van der Waals surface area (Å²) < 4.78 is 26.3. The van der Waals surface area contributed by atoms with Gasteiger partial charge in [0.2, 0.25) is 5.82 Å². The second-order valence-electron chi connectivity index (χ2n) is 2.82. The number of amidine groups is 1. The summed E-state index contributed by atoms with van der Waals surface area (Å²) in [6.07, 6.45) is -0.487. The SMILES string of the molecule is N=C(N)Cc1c(F)ccc([N+](=O)[O-])c1F. The van der Waals surface area contributed by atoms with Crippen LogP contribution >= 0.6 is 0 Å². The fourth-order valence-corrected chi connectivity index (χ4v) is 1.08. The van der Waals surface area contributed by atoms with E-state index in [0.29, 0.717) is 0 Å². The highest BCUT2D eigenvalue weighted by Crippen LogP contribution is 2.23. The molecule has 0 aliphatic heterocycles. The number of nitrogens with two attached hydrogens (primary N) is 1. The molecular formula is C8H7F2N3O2. The second-order valence-corrected chi connectivity index (χ2v) is 2.82. The van der Waals surface area contributed by atoms with Crippen molar-refractivity contribution >= 4 is 11.5 Å². The van der Waals surface area contributed by atoms with Gasteiger partial charge < -0.3 is 5.73 Å². The van der Waals surface area contributed by atoms with Crippen LogP contribution in [-0.4, -0.2) is 10.8 Å².